The van der Waals surface area contributed by atoms with E-state index >= 15 is 0 Å². The number of nitrogens with zero attached hydrogens (tertiary/aromatic N) is 4. The van der Waals surface area contributed by atoms with Crippen LogP contribution in [0.15, 0.2) is 12.5 Å². The fourth-order valence-corrected chi connectivity index (χ4v) is 4.46. The molecule has 3 fully saturated rings. The van der Waals surface area contributed by atoms with Crippen LogP contribution < -0.4 is 0 Å². The van der Waals surface area contributed by atoms with Crippen molar-refractivity contribution in [2.24, 2.45) is 11.3 Å². The highest BCUT2D eigenvalue weighted by Crippen LogP contribution is 2.50. The van der Waals surface area contributed by atoms with E-state index in [9.17, 15) is 9.59 Å². The minimum atomic E-state index is -0.475. The number of carbonyl (C=O) groups excluding carboxylic acids is 2. The highest BCUT2D eigenvalue weighted by atomic mass is 16.2. The van der Waals surface area contributed by atoms with Crippen LogP contribution in [0.25, 0.3) is 0 Å². The lowest BCUT2D eigenvalue weighted by atomic mass is 9.75. The van der Waals surface area contributed by atoms with Crippen molar-refractivity contribution in [1.82, 2.24) is 19.4 Å². The molecule has 1 aromatic heterocycles. The third-order valence-corrected chi connectivity index (χ3v) is 6.28. The van der Waals surface area contributed by atoms with Crippen LogP contribution in [-0.4, -0.2) is 57.3 Å². The molecule has 6 heteroatoms. The van der Waals surface area contributed by atoms with E-state index in [0.29, 0.717) is 25.0 Å². The molecule has 0 bridgehead atoms. The largest absolute Gasteiger partial charge is 0.342 e. The van der Waals surface area contributed by atoms with Crippen LogP contribution >= 0.6 is 0 Å². The van der Waals surface area contributed by atoms with Crippen molar-refractivity contribution < 1.29 is 9.59 Å². The first-order chi connectivity index (χ1) is 11.9. The fourth-order valence-electron chi connectivity index (χ4n) is 4.46. The van der Waals surface area contributed by atoms with Gasteiger partial charge in [0.15, 0.2) is 0 Å². The Morgan fingerprint density at radius 1 is 1.40 bits per heavy atom. The Kier molecular flexibility index (Phi) is 3.89. The summed E-state index contributed by atoms with van der Waals surface area (Å²) in [6.45, 7) is 8.71. The van der Waals surface area contributed by atoms with Gasteiger partial charge in [-0.15, -0.1) is 0 Å². The van der Waals surface area contributed by atoms with Gasteiger partial charge in [0.1, 0.15) is 0 Å². The molecule has 2 aliphatic heterocycles. The number of imidazole rings is 1. The summed E-state index contributed by atoms with van der Waals surface area (Å²) in [5.74, 6) is 1.00. The summed E-state index contributed by atoms with van der Waals surface area (Å²) >= 11 is 0. The molecule has 0 radical (unpaired) electrons. The van der Waals surface area contributed by atoms with Gasteiger partial charge in [-0.25, -0.2) is 4.98 Å². The standard InChI is InChI=1S/C19H28N4O2/c1-13(2)23-10-17(20-12-23)16-9-22(14(3)24)11-19(16)6-7-21(18(19)25)8-15-4-5-15/h10,12-13,15-16H,4-9,11H2,1-3H3/t16-,19+/m0/s1. The van der Waals surface area contributed by atoms with Gasteiger partial charge in [0.25, 0.3) is 0 Å². The van der Waals surface area contributed by atoms with E-state index in [2.05, 4.69) is 29.6 Å². The lowest BCUT2D eigenvalue weighted by molar-refractivity contribution is -0.136. The molecule has 6 nitrogen and oxygen atoms in total. The summed E-state index contributed by atoms with van der Waals surface area (Å²) in [6, 6.07) is 0.341. The molecular formula is C19H28N4O2. The Labute approximate surface area is 149 Å². The predicted molar refractivity (Wildman–Crippen MR) is 94.0 cm³/mol. The zero-order chi connectivity index (χ0) is 17.8. The van der Waals surface area contributed by atoms with E-state index in [1.807, 2.05) is 16.1 Å². The third kappa shape index (κ3) is 2.75. The molecule has 3 aliphatic rings. The molecule has 136 valence electrons. The minimum absolute atomic E-state index is 0.00750. The second-order valence-electron chi connectivity index (χ2n) is 8.39. The van der Waals surface area contributed by atoms with Gasteiger partial charge in [-0.05, 0) is 39.0 Å². The van der Waals surface area contributed by atoms with Crippen molar-refractivity contribution in [3.8, 4) is 0 Å². The molecule has 1 aromatic rings. The molecular weight excluding hydrogens is 316 g/mol. The molecule has 0 N–H and O–H groups in total. The topological polar surface area (TPSA) is 58.4 Å². The summed E-state index contributed by atoms with van der Waals surface area (Å²) in [4.78, 5) is 33.9. The number of rotatable bonds is 4. The maximum absolute atomic E-state index is 13.3. The van der Waals surface area contributed by atoms with Gasteiger partial charge in [-0.3, -0.25) is 9.59 Å². The zero-order valence-corrected chi connectivity index (χ0v) is 15.4. The van der Waals surface area contributed by atoms with Gasteiger partial charge in [0.05, 0.1) is 17.4 Å². The van der Waals surface area contributed by atoms with Crippen molar-refractivity contribution in [3.05, 3.63) is 18.2 Å². The maximum atomic E-state index is 13.3. The molecule has 4 rings (SSSR count). The monoisotopic (exact) mass is 344 g/mol. The number of carbonyl (C=O) groups is 2. The maximum Gasteiger partial charge on any atom is 0.231 e. The van der Waals surface area contributed by atoms with Gasteiger partial charge in [-0.1, -0.05) is 0 Å². The van der Waals surface area contributed by atoms with Gasteiger partial charge >= 0.3 is 0 Å². The number of likely N-dealkylation sites (tertiary alicyclic amines) is 2. The molecule has 2 atom stereocenters. The Balaban J connectivity index is 1.64. The lowest BCUT2D eigenvalue weighted by Crippen LogP contribution is -2.40. The molecule has 2 amide bonds. The molecule has 1 spiro atoms. The Morgan fingerprint density at radius 3 is 2.76 bits per heavy atom. The Bertz CT molecular complexity index is 693. The summed E-state index contributed by atoms with van der Waals surface area (Å²) in [6.07, 6.45) is 7.25. The van der Waals surface area contributed by atoms with Crippen LogP contribution in [0.4, 0.5) is 0 Å². The van der Waals surface area contributed by atoms with Crippen molar-refractivity contribution >= 4 is 11.8 Å². The normalized spacial score (nSPS) is 29.4. The molecule has 1 saturated carbocycles. The van der Waals surface area contributed by atoms with Gasteiger partial charge < -0.3 is 14.4 Å². The first kappa shape index (κ1) is 16.6. The molecule has 2 saturated heterocycles. The molecule has 0 aromatic carbocycles. The van der Waals surface area contributed by atoms with E-state index in [0.717, 1.165) is 25.2 Å². The average Bonchev–Trinajstić information content (AvgIpc) is 2.99. The quantitative estimate of drug-likeness (QED) is 0.840. The molecule has 0 unspecified atom stereocenters. The minimum Gasteiger partial charge on any atom is -0.342 e. The van der Waals surface area contributed by atoms with Crippen LogP contribution in [0.1, 0.15) is 57.7 Å². The highest BCUT2D eigenvalue weighted by Gasteiger charge is 2.58. The van der Waals surface area contributed by atoms with Gasteiger partial charge in [-0.2, -0.15) is 0 Å². The fraction of sp³-hybridized carbons (Fsp3) is 0.737. The SMILES string of the molecule is CC(=O)N1C[C@@H](c2cn(C(C)C)cn2)[C@@]2(CCN(CC3CC3)C2=O)C1. The van der Waals surface area contributed by atoms with Crippen LogP contribution in [-0.2, 0) is 9.59 Å². The van der Waals surface area contributed by atoms with Crippen LogP contribution in [0.5, 0.6) is 0 Å². The smallest absolute Gasteiger partial charge is 0.231 e. The number of amides is 2. The summed E-state index contributed by atoms with van der Waals surface area (Å²) in [5, 5.41) is 0. The first-order valence-corrected chi connectivity index (χ1v) is 9.49. The molecule has 25 heavy (non-hydrogen) atoms. The number of aromatic nitrogens is 2. The van der Waals surface area contributed by atoms with E-state index < -0.39 is 5.41 Å². The van der Waals surface area contributed by atoms with Crippen molar-refractivity contribution in [2.45, 2.75) is 52.0 Å². The second kappa shape index (κ2) is 5.85. The zero-order valence-electron chi connectivity index (χ0n) is 15.4. The van der Waals surface area contributed by atoms with Crippen molar-refractivity contribution in [3.63, 3.8) is 0 Å². The first-order valence-electron chi connectivity index (χ1n) is 9.49. The summed E-state index contributed by atoms with van der Waals surface area (Å²) in [7, 11) is 0. The van der Waals surface area contributed by atoms with E-state index in [4.69, 9.17) is 0 Å². The predicted octanol–water partition coefficient (Wildman–Crippen LogP) is 2.04. The van der Waals surface area contributed by atoms with E-state index in [1.165, 1.54) is 12.8 Å². The van der Waals surface area contributed by atoms with E-state index in [-0.39, 0.29) is 17.7 Å². The number of hydrogen-bond acceptors (Lipinski definition) is 3. The van der Waals surface area contributed by atoms with Gasteiger partial charge in [0, 0.05) is 51.3 Å². The van der Waals surface area contributed by atoms with Crippen molar-refractivity contribution in [2.75, 3.05) is 26.2 Å². The second-order valence-corrected chi connectivity index (χ2v) is 8.39. The number of hydrogen-bond donors (Lipinski definition) is 0. The Morgan fingerprint density at radius 2 is 2.16 bits per heavy atom. The van der Waals surface area contributed by atoms with Crippen LogP contribution in [0, 0.1) is 11.3 Å². The summed E-state index contributed by atoms with van der Waals surface area (Å²) in [5.41, 5.74) is 0.482. The average molecular weight is 344 g/mol. The third-order valence-electron chi connectivity index (χ3n) is 6.28. The molecule has 1 aliphatic carbocycles. The highest BCUT2D eigenvalue weighted by molar-refractivity contribution is 5.88. The lowest BCUT2D eigenvalue weighted by Gasteiger charge is -2.27. The van der Waals surface area contributed by atoms with Crippen LogP contribution in [0.2, 0.25) is 0 Å². The van der Waals surface area contributed by atoms with Crippen LogP contribution in [0.3, 0.4) is 0 Å². The van der Waals surface area contributed by atoms with E-state index in [1.54, 1.807) is 6.92 Å². The molecule has 3 heterocycles. The van der Waals surface area contributed by atoms with Crippen molar-refractivity contribution in [1.29, 1.82) is 0 Å². The summed E-state index contributed by atoms with van der Waals surface area (Å²) < 4.78 is 2.08. The Hall–Kier alpha value is -1.85. The van der Waals surface area contributed by atoms with Gasteiger partial charge in [0.2, 0.25) is 11.8 Å².